The van der Waals surface area contributed by atoms with Crippen LogP contribution in [-0.2, 0) is 6.18 Å². The van der Waals surface area contributed by atoms with Crippen molar-refractivity contribution in [1.29, 1.82) is 0 Å². The van der Waals surface area contributed by atoms with Gasteiger partial charge >= 0.3 is 6.18 Å². The zero-order valence-electron chi connectivity index (χ0n) is 8.85. The average molecular weight is 310 g/mol. The van der Waals surface area contributed by atoms with E-state index >= 15 is 0 Å². The van der Waals surface area contributed by atoms with Crippen molar-refractivity contribution in [2.45, 2.75) is 25.1 Å². The summed E-state index contributed by atoms with van der Waals surface area (Å²) in [5.74, 6) is 0. The van der Waals surface area contributed by atoms with E-state index in [0.29, 0.717) is 0 Å². The lowest BCUT2D eigenvalue weighted by Gasteiger charge is -2.16. The van der Waals surface area contributed by atoms with Crippen molar-refractivity contribution < 1.29 is 22.0 Å². The van der Waals surface area contributed by atoms with Crippen LogP contribution in [0.2, 0.25) is 5.02 Å². The summed E-state index contributed by atoms with van der Waals surface area (Å²) >= 11 is 5.53. The Labute approximate surface area is 112 Å². The molecule has 0 fully saturated rings. The minimum absolute atomic E-state index is 0. The maximum atomic E-state index is 12.5. The van der Waals surface area contributed by atoms with Crippen molar-refractivity contribution in [3.8, 4) is 0 Å². The molecule has 8 heteroatoms. The Morgan fingerprint density at radius 1 is 1.22 bits per heavy atom. The lowest BCUT2D eigenvalue weighted by atomic mass is 10.0. The van der Waals surface area contributed by atoms with Crippen LogP contribution in [0.4, 0.5) is 22.0 Å². The van der Waals surface area contributed by atoms with Gasteiger partial charge < -0.3 is 5.73 Å². The van der Waals surface area contributed by atoms with Gasteiger partial charge in [0.05, 0.1) is 10.6 Å². The Morgan fingerprint density at radius 3 is 2.22 bits per heavy atom. The van der Waals surface area contributed by atoms with E-state index in [1.54, 1.807) is 0 Å². The topological polar surface area (TPSA) is 26.0 Å². The molecule has 0 aliphatic rings. The molecule has 0 heterocycles. The van der Waals surface area contributed by atoms with Crippen LogP contribution >= 0.6 is 24.0 Å². The second-order valence-electron chi connectivity index (χ2n) is 3.44. The fraction of sp³-hybridized carbons (Fsp3) is 0.400. The fourth-order valence-corrected chi connectivity index (χ4v) is 1.75. The number of halogens is 7. The van der Waals surface area contributed by atoms with Crippen LogP contribution in [0.25, 0.3) is 0 Å². The van der Waals surface area contributed by atoms with Gasteiger partial charge in [0, 0.05) is 12.5 Å². The smallest absolute Gasteiger partial charge is 0.324 e. The van der Waals surface area contributed by atoms with Crippen molar-refractivity contribution in [1.82, 2.24) is 0 Å². The van der Waals surface area contributed by atoms with Crippen molar-refractivity contribution in [3.63, 3.8) is 0 Å². The molecule has 1 atom stereocenters. The standard InChI is InChI=1S/C10H9ClF5N.ClH/c11-9-5(7(17)4-8(12)13)2-1-3-6(9)10(14,15)16;/h1-3,7-8H,4,17H2;1H/t7-;/m0./s1. The van der Waals surface area contributed by atoms with Crippen LogP contribution in [0.3, 0.4) is 0 Å². The molecule has 0 amide bonds. The summed E-state index contributed by atoms with van der Waals surface area (Å²) in [5.41, 5.74) is 4.19. The fourth-order valence-electron chi connectivity index (χ4n) is 1.37. The van der Waals surface area contributed by atoms with Gasteiger partial charge in [-0.25, -0.2) is 8.78 Å². The van der Waals surface area contributed by atoms with Crippen LogP contribution in [0.5, 0.6) is 0 Å². The molecule has 0 radical (unpaired) electrons. The molecule has 1 aromatic carbocycles. The lowest BCUT2D eigenvalue weighted by molar-refractivity contribution is -0.137. The molecule has 0 spiro atoms. The summed E-state index contributed by atoms with van der Waals surface area (Å²) in [6, 6.07) is 1.87. The Balaban J connectivity index is 0.00000289. The van der Waals surface area contributed by atoms with Gasteiger partial charge in [0.15, 0.2) is 0 Å². The zero-order chi connectivity index (χ0) is 13.2. The van der Waals surface area contributed by atoms with Crippen molar-refractivity contribution in [2.75, 3.05) is 0 Å². The Bertz CT molecular complexity index is 394. The molecule has 0 saturated heterocycles. The van der Waals surface area contributed by atoms with Gasteiger partial charge in [-0.1, -0.05) is 23.7 Å². The third kappa shape index (κ3) is 4.26. The Morgan fingerprint density at radius 2 is 1.78 bits per heavy atom. The van der Waals surface area contributed by atoms with Crippen molar-refractivity contribution >= 4 is 24.0 Å². The Hall–Kier alpha value is -0.590. The molecular weight excluding hydrogens is 300 g/mol. The van der Waals surface area contributed by atoms with Gasteiger partial charge in [0.2, 0.25) is 6.43 Å². The van der Waals surface area contributed by atoms with Gasteiger partial charge in [0.25, 0.3) is 0 Å². The molecule has 0 aromatic heterocycles. The molecule has 1 aromatic rings. The van der Waals surface area contributed by atoms with E-state index < -0.39 is 35.7 Å². The summed E-state index contributed by atoms with van der Waals surface area (Å²) in [4.78, 5) is 0. The van der Waals surface area contributed by atoms with E-state index in [4.69, 9.17) is 17.3 Å². The zero-order valence-corrected chi connectivity index (χ0v) is 10.4. The van der Waals surface area contributed by atoms with Crippen LogP contribution in [-0.4, -0.2) is 6.43 Å². The number of hydrogen-bond donors (Lipinski definition) is 1. The quantitative estimate of drug-likeness (QED) is 0.821. The highest BCUT2D eigenvalue weighted by atomic mass is 35.5. The van der Waals surface area contributed by atoms with Crippen LogP contribution in [0.1, 0.15) is 23.6 Å². The number of nitrogens with two attached hydrogens (primary N) is 1. The largest absolute Gasteiger partial charge is 0.417 e. The molecule has 0 aliphatic heterocycles. The third-order valence-electron chi connectivity index (χ3n) is 2.17. The number of hydrogen-bond acceptors (Lipinski definition) is 1. The SMILES string of the molecule is Cl.N[C@@H](CC(F)F)c1cccc(C(F)(F)F)c1Cl. The molecule has 0 unspecified atom stereocenters. The lowest BCUT2D eigenvalue weighted by Crippen LogP contribution is -2.16. The first kappa shape index (κ1) is 17.4. The van der Waals surface area contributed by atoms with Crippen LogP contribution < -0.4 is 5.73 Å². The third-order valence-corrected chi connectivity index (χ3v) is 2.59. The molecule has 1 rings (SSSR count). The molecule has 2 N–H and O–H groups in total. The normalized spacial score (nSPS) is 13.3. The molecule has 0 saturated carbocycles. The maximum absolute atomic E-state index is 12.5. The first-order valence-corrected chi connectivity index (χ1v) is 5.00. The predicted molar refractivity (Wildman–Crippen MR) is 61.3 cm³/mol. The van der Waals surface area contributed by atoms with E-state index in [1.807, 2.05) is 0 Å². The summed E-state index contributed by atoms with van der Waals surface area (Å²) in [6.07, 6.45) is -8.06. The highest BCUT2D eigenvalue weighted by Crippen LogP contribution is 2.38. The molecule has 1 nitrogen and oxygen atoms in total. The highest BCUT2D eigenvalue weighted by Gasteiger charge is 2.34. The van der Waals surface area contributed by atoms with Crippen LogP contribution in [0.15, 0.2) is 18.2 Å². The average Bonchev–Trinajstić information content (AvgIpc) is 2.14. The van der Waals surface area contributed by atoms with E-state index in [1.165, 1.54) is 6.07 Å². The second kappa shape index (κ2) is 6.54. The number of rotatable bonds is 3. The van der Waals surface area contributed by atoms with Gasteiger partial charge in [-0.2, -0.15) is 13.2 Å². The number of benzene rings is 1. The van der Waals surface area contributed by atoms with E-state index in [9.17, 15) is 22.0 Å². The summed E-state index contributed by atoms with van der Waals surface area (Å²) < 4.78 is 61.6. The Kier molecular flexibility index (Phi) is 6.33. The first-order valence-electron chi connectivity index (χ1n) is 4.62. The van der Waals surface area contributed by atoms with Crippen molar-refractivity contribution in [3.05, 3.63) is 34.3 Å². The summed E-state index contributed by atoms with van der Waals surface area (Å²) in [5, 5.41) is -0.617. The first-order chi connectivity index (χ1) is 7.73. The van der Waals surface area contributed by atoms with Crippen molar-refractivity contribution in [2.24, 2.45) is 5.73 Å². The van der Waals surface area contributed by atoms with E-state index in [2.05, 4.69) is 0 Å². The monoisotopic (exact) mass is 309 g/mol. The van der Waals surface area contributed by atoms with E-state index in [-0.39, 0.29) is 18.0 Å². The highest BCUT2D eigenvalue weighted by molar-refractivity contribution is 6.32. The molecule has 104 valence electrons. The molecular formula is C10H10Cl2F5N. The molecule has 18 heavy (non-hydrogen) atoms. The maximum Gasteiger partial charge on any atom is 0.417 e. The van der Waals surface area contributed by atoms with Gasteiger partial charge in [0.1, 0.15) is 0 Å². The molecule has 0 aliphatic carbocycles. The van der Waals surface area contributed by atoms with Gasteiger partial charge in [-0.3, -0.25) is 0 Å². The predicted octanol–water partition coefficient (Wildman–Crippen LogP) is 4.44. The molecule has 0 bridgehead atoms. The van der Waals surface area contributed by atoms with Gasteiger partial charge in [-0.05, 0) is 11.6 Å². The number of alkyl halides is 5. The summed E-state index contributed by atoms with van der Waals surface area (Å²) in [7, 11) is 0. The summed E-state index contributed by atoms with van der Waals surface area (Å²) in [6.45, 7) is 0. The minimum Gasteiger partial charge on any atom is -0.324 e. The minimum atomic E-state index is -4.63. The van der Waals surface area contributed by atoms with E-state index in [0.717, 1.165) is 12.1 Å². The van der Waals surface area contributed by atoms with Gasteiger partial charge in [-0.15, -0.1) is 12.4 Å². The van der Waals surface area contributed by atoms with Crippen LogP contribution in [0, 0.1) is 0 Å². The second-order valence-corrected chi connectivity index (χ2v) is 3.82.